The Morgan fingerprint density at radius 2 is 2.09 bits per heavy atom. The van der Waals surface area contributed by atoms with Crippen molar-refractivity contribution in [3.05, 3.63) is 29.7 Å². The normalized spacial score (nSPS) is 15.9. The van der Waals surface area contributed by atoms with E-state index in [0.29, 0.717) is 12.3 Å². The van der Waals surface area contributed by atoms with Gasteiger partial charge in [0.25, 0.3) is 0 Å². The van der Waals surface area contributed by atoms with Gasteiger partial charge in [0.15, 0.2) is 0 Å². The number of piperidine rings is 1. The molecule has 0 unspecified atom stereocenters. The van der Waals surface area contributed by atoms with E-state index in [0.717, 1.165) is 36.7 Å². The topological polar surface area (TPSA) is 72.9 Å². The molecule has 1 fully saturated rings. The number of rotatable bonds is 5. The van der Waals surface area contributed by atoms with Gasteiger partial charge < -0.3 is 14.9 Å². The van der Waals surface area contributed by atoms with Gasteiger partial charge in [-0.3, -0.25) is 9.69 Å². The van der Waals surface area contributed by atoms with Gasteiger partial charge in [-0.15, -0.1) is 0 Å². The Hall–Kier alpha value is -2.08. The number of nitrogens with two attached hydrogens (primary N) is 1. The Morgan fingerprint density at radius 3 is 2.83 bits per heavy atom. The summed E-state index contributed by atoms with van der Waals surface area (Å²) in [5.41, 5.74) is 9.28. The van der Waals surface area contributed by atoms with Crippen LogP contribution in [-0.4, -0.2) is 40.0 Å². The van der Waals surface area contributed by atoms with E-state index < -0.39 is 0 Å². The van der Waals surface area contributed by atoms with Gasteiger partial charge in [-0.2, -0.15) is 0 Å². The average Bonchev–Trinajstić information content (AvgIpc) is 2.86. The number of hydrogen-bond acceptors (Lipinski definition) is 5. The summed E-state index contributed by atoms with van der Waals surface area (Å²) < 4.78 is 7.10. The van der Waals surface area contributed by atoms with Crippen molar-refractivity contribution in [3.63, 3.8) is 0 Å². The van der Waals surface area contributed by atoms with Crippen molar-refractivity contribution in [2.24, 2.45) is 0 Å². The Kier molecular flexibility index (Phi) is 4.81. The molecule has 0 bridgehead atoms. The first kappa shape index (κ1) is 15.8. The van der Waals surface area contributed by atoms with Crippen LogP contribution in [-0.2, 0) is 22.5 Å². The maximum absolute atomic E-state index is 11.9. The summed E-state index contributed by atoms with van der Waals surface area (Å²) in [6.45, 7) is 5.18. The monoisotopic (exact) mass is 316 g/mol. The first-order valence-electron chi connectivity index (χ1n) is 8.30. The van der Waals surface area contributed by atoms with Crippen LogP contribution in [0.5, 0.6) is 0 Å². The minimum atomic E-state index is -0.233. The Labute approximate surface area is 136 Å². The summed E-state index contributed by atoms with van der Waals surface area (Å²) in [7, 11) is 0. The van der Waals surface area contributed by atoms with E-state index in [1.807, 2.05) is 29.7 Å². The first-order valence-corrected chi connectivity index (χ1v) is 8.30. The summed E-state index contributed by atoms with van der Waals surface area (Å²) in [5, 5.41) is 0. The first-order chi connectivity index (χ1) is 11.2. The van der Waals surface area contributed by atoms with Crippen molar-refractivity contribution in [1.29, 1.82) is 0 Å². The number of esters is 1. The number of nitrogen functional groups attached to an aromatic ring is 1. The molecule has 6 nitrogen and oxygen atoms in total. The smallest absolute Gasteiger partial charge is 0.311 e. The van der Waals surface area contributed by atoms with Gasteiger partial charge in [0.05, 0.1) is 24.4 Å². The number of carbonyl (C=O) groups excluding carboxylic acids is 1. The molecule has 0 spiro atoms. The molecule has 1 aliphatic rings. The van der Waals surface area contributed by atoms with Gasteiger partial charge in [-0.25, -0.2) is 4.98 Å². The molecule has 2 aromatic heterocycles. The number of fused-ring (bicyclic) bond motifs is 1. The minimum absolute atomic E-state index is 0.207. The molecule has 1 saturated heterocycles. The van der Waals surface area contributed by atoms with Crippen LogP contribution in [0.4, 0.5) is 5.69 Å². The summed E-state index contributed by atoms with van der Waals surface area (Å²) in [6.07, 6.45) is 5.85. The molecule has 0 aromatic carbocycles. The lowest BCUT2D eigenvalue weighted by Gasteiger charge is -2.26. The average molecular weight is 316 g/mol. The zero-order valence-corrected chi connectivity index (χ0v) is 13.6. The molecule has 2 N–H and O–H groups in total. The molecule has 23 heavy (non-hydrogen) atoms. The Morgan fingerprint density at radius 1 is 1.30 bits per heavy atom. The standard InChI is InChI=1S/C17H24N4O2/c1-2-23-17(22)10-14-15(12-20-8-4-3-5-9-20)21-11-13(18)6-7-16(21)19-14/h6-7,11H,2-5,8-10,12,18H2,1H3. The Balaban J connectivity index is 1.92. The molecule has 0 saturated carbocycles. The minimum Gasteiger partial charge on any atom is -0.466 e. The number of hydrogen-bond donors (Lipinski definition) is 1. The zero-order valence-electron chi connectivity index (χ0n) is 13.6. The number of anilines is 1. The SMILES string of the molecule is CCOC(=O)Cc1nc2ccc(N)cn2c1CN1CCCCC1. The maximum atomic E-state index is 11.9. The van der Waals surface area contributed by atoms with Crippen LogP contribution in [0.3, 0.4) is 0 Å². The predicted octanol–water partition coefficient (Wildman–Crippen LogP) is 2.01. The van der Waals surface area contributed by atoms with Crippen molar-refractivity contribution in [1.82, 2.24) is 14.3 Å². The van der Waals surface area contributed by atoms with Gasteiger partial charge in [-0.1, -0.05) is 6.42 Å². The van der Waals surface area contributed by atoms with Crippen LogP contribution in [0.25, 0.3) is 5.65 Å². The molecular formula is C17H24N4O2. The van der Waals surface area contributed by atoms with Gasteiger partial charge in [-0.05, 0) is 45.0 Å². The molecule has 3 rings (SSSR count). The highest BCUT2D eigenvalue weighted by Crippen LogP contribution is 2.20. The fourth-order valence-corrected chi connectivity index (χ4v) is 3.15. The molecule has 0 aliphatic carbocycles. The third-order valence-corrected chi connectivity index (χ3v) is 4.26. The zero-order chi connectivity index (χ0) is 16.2. The highest BCUT2D eigenvalue weighted by atomic mass is 16.5. The van der Waals surface area contributed by atoms with E-state index in [9.17, 15) is 4.79 Å². The van der Waals surface area contributed by atoms with E-state index in [4.69, 9.17) is 10.5 Å². The van der Waals surface area contributed by atoms with E-state index in [1.165, 1.54) is 19.3 Å². The number of nitrogens with zero attached hydrogens (tertiary/aromatic N) is 3. The molecule has 2 aromatic rings. The fraction of sp³-hybridized carbons (Fsp3) is 0.529. The van der Waals surface area contributed by atoms with Gasteiger partial charge in [0.2, 0.25) is 0 Å². The second kappa shape index (κ2) is 7.00. The maximum Gasteiger partial charge on any atom is 0.311 e. The molecule has 3 heterocycles. The van der Waals surface area contributed by atoms with Crippen molar-refractivity contribution in [2.45, 2.75) is 39.2 Å². The van der Waals surface area contributed by atoms with Crippen molar-refractivity contribution < 1.29 is 9.53 Å². The van der Waals surface area contributed by atoms with E-state index in [-0.39, 0.29) is 12.4 Å². The van der Waals surface area contributed by atoms with Crippen LogP contribution in [0.1, 0.15) is 37.6 Å². The summed E-state index contributed by atoms with van der Waals surface area (Å²) >= 11 is 0. The van der Waals surface area contributed by atoms with Gasteiger partial charge in [0.1, 0.15) is 5.65 Å². The third-order valence-electron chi connectivity index (χ3n) is 4.26. The predicted molar refractivity (Wildman–Crippen MR) is 89.1 cm³/mol. The summed E-state index contributed by atoms with van der Waals surface area (Å²) in [6, 6.07) is 3.73. The van der Waals surface area contributed by atoms with Crippen molar-refractivity contribution >= 4 is 17.3 Å². The molecule has 0 atom stereocenters. The lowest BCUT2D eigenvalue weighted by atomic mass is 10.1. The van der Waals surface area contributed by atoms with E-state index in [2.05, 4.69) is 9.88 Å². The highest BCUT2D eigenvalue weighted by Gasteiger charge is 2.19. The largest absolute Gasteiger partial charge is 0.466 e. The lowest BCUT2D eigenvalue weighted by molar-refractivity contribution is -0.142. The van der Waals surface area contributed by atoms with Crippen LogP contribution < -0.4 is 5.73 Å². The summed E-state index contributed by atoms with van der Waals surface area (Å²) in [5.74, 6) is -0.233. The molecule has 0 radical (unpaired) electrons. The van der Waals surface area contributed by atoms with Crippen LogP contribution in [0.2, 0.25) is 0 Å². The second-order valence-corrected chi connectivity index (χ2v) is 6.01. The van der Waals surface area contributed by atoms with Crippen molar-refractivity contribution in [3.8, 4) is 0 Å². The van der Waals surface area contributed by atoms with Crippen LogP contribution in [0, 0.1) is 0 Å². The van der Waals surface area contributed by atoms with Crippen LogP contribution >= 0.6 is 0 Å². The number of aromatic nitrogens is 2. The number of carbonyl (C=O) groups is 1. The van der Waals surface area contributed by atoms with E-state index in [1.54, 1.807) is 0 Å². The molecule has 1 aliphatic heterocycles. The third kappa shape index (κ3) is 3.64. The molecule has 0 amide bonds. The second-order valence-electron chi connectivity index (χ2n) is 6.01. The number of likely N-dealkylation sites (tertiary alicyclic amines) is 1. The molecular weight excluding hydrogens is 292 g/mol. The van der Waals surface area contributed by atoms with Crippen molar-refractivity contribution in [2.75, 3.05) is 25.4 Å². The van der Waals surface area contributed by atoms with Crippen LogP contribution in [0.15, 0.2) is 18.3 Å². The number of ether oxygens (including phenoxy) is 1. The number of imidazole rings is 1. The molecule has 6 heteroatoms. The van der Waals surface area contributed by atoms with E-state index >= 15 is 0 Å². The Bertz CT molecular complexity index is 689. The molecule has 124 valence electrons. The lowest BCUT2D eigenvalue weighted by Crippen LogP contribution is -2.30. The summed E-state index contributed by atoms with van der Waals surface area (Å²) in [4.78, 5) is 18.9. The quantitative estimate of drug-likeness (QED) is 0.854. The van der Waals surface area contributed by atoms with Gasteiger partial charge in [0, 0.05) is 18.4 Å². The highest BCUT2D eigenvalue weighted by molar-refractivity contribution is 5.73. The fourth-order valence-electron chi connectivity index (χ4n) is 3.15. The van der Waals surface area contributed by atoms with Gasteiger partial charge >= 0.3 is 5.97 Å². The number of pyridine rings is 1.